The van der Waals surface area contributed by atoms with Crippen LogP contribution in [0.5, 0.6) is 0 Å². The first-order valence-corrected chi connectivity index (χ1v) is 0. The molecule has 0 aromatic heterocycles. The average molecular weight is 289 g/mol. The van der Waals surface area contributed by atoms with Crippen molar-refractivity contribution in [1.29, 1.82) is 0 Å². The number of hydrogen-bond acceptors (Lipinski definition) is 0. The van der Waals surface area contributed by atoms with Crippen molar-refractivity contribution in [3.05, 3.63) is 0 Å². The van der Waals surface area contributed by atoms with Crippen LogP contribution in [0.1, 0.15) is 0 Å². The molecule has 0 aliphatic rings. The molecular weight excluding hydrogens is 285 g/mol. The minimum atomic E-state index is 0. The van der Waals surface area contributed by atoms with Gasteiger partial charge in [0.1, 0.15) is 0 Å². The summed E-state index contributed by atoms with van der Waals surface area (Å²) in [5, 5.41) is 0. The van der Waals surface area contributed by atoms with Gasteiger partial charge in [0, 0.05) is 26.6 Å². The maximum atomic E-state index is 0. The first-order chi connectivity index (χ1) is 0. The van der Waals surface area contributed by atoms with E-state index in [0.717, 1.165) is 0 Å². The normalized spacial score (nSPS) is 0. The largest absolute Gasteiger partial charge is 0.269 e. The van der Waals surface area contributed by atoms with Gasteiger partial charge in [0.15, 0.2) is 0 Å². The molecule has 0 aliphatic carbocycles. The Bertz CT molecular complexity index is 3.61. The Morgan fingerprint density at radius 1 is 0.400 bits per heavy atom. The molecule has 5 heavy (non-hydrogen) atoms. The fourth-order valence-electron chi connectivity index (χ4n) is 0. The Morgan fingerprint density at radius 3 is 0.400 bits per heavy atom. The molecule has 0 rings (SSSR count). The van der Waals surface area contributed by atoms with Crippen molar-refractivity contribution in [2.75, 3.05) is 0 Å². The molecule has 0 spiro atoms. The first-order valence-electron chi connectivity index (χ1n) is 0. The van der Waals surface area contributed by atoms with Crippen LogP contribution in [0, 0.1) is 0 Å². The zero-order chi connectivity index (χ0) is 0. The average Bonchev–Trinajstić information content (AvgIpc) is 0. The molecule has 2 radical (unpaired) electrons. The van der Waals surface area contributed by atoms with Gasteiger partial charge in [0.2, 0.25) is 0 Å². The van der Waals surface area contributed by atoms with Crippen molar-refractivity contribution < 1.29 is 18.8 Å². The third-order valence-corrected chi connectivity index (χ3v) is 0. The molecule has 0 atom stereocenters. The van der Waals surface area contributed by atoms with Crippen LogP contribution >= 0.6 is 0 Å². The van der Waals surface area contributed by atoms with E-state index in [0.29, 0.717) is 0 Å². The quantitative estimate of drug-likeness (QED) is 0.560. The molecule has 0 saturated heterocycles. The SMILES string of the molecule is F.F.F.F.[Po]. The van der Waals surface area contributed by atoms with Crippen molar-refractivity contribution >= 4 is 26.6 Å². The summed E-state index contributed by atoms with van der Waals surface area (Å²) >= 11 is 0. The summed E-state index contributed by atoms with van der Waals surface area (Å²) in [5.41, 5.74) is 0. The fraction of sp³-hybridized carbons (Fsp3) is 0. The summed E-state index contributed by atoms with van der Waals surface area (Å²) in [4.78, 5) is 0. The molecule has 0 heterocycles. The van der Waals surface area contributed by atoms with E-state index < -0.39 is 0 Å². The van der Waals surface area contributed by atoms with Gasteiger partial charge in [0.25, 0.3) is 0 Å². The Labute approximate surface area is 45.9 Å². The van der Waals surface area contributed by atoms with E-state index in [4.69, 9.17) is 0 Å². The molecule has 0 aromatic carbocycles. The Hall–Kier alpha value is 0.616. The summed E-state index contributed by atoms with van der Waals surface area (Å²) in [7, 11) is 0. The van der Waals surface area contributed by atoms with Gasteiger partial charge >= 0.3 is 0 Å². The third-order valence-electron chi connectivity index (χ3n) is 0. The second-order valence-corrected chi connectivity index (χ2v) is 0. The summed E-state index contributed by atoms with van der Waals surface area (Å²) < 4.78 is 0. The molecule has 0 aromatic rings. The monoisotopic (exact) mass is 289 g/mol. The zero-order valence-electron chi connectivity index (χ0n) is 2.04. The van der Waals surface area contributed by atoms with Crippen molar-refractivity contribution in [3.63, 3.8) is 0 Å². The Morgan fingerprint density at radius 2 is 0.400 bits per heavy atom. The van der Waals surface area contributed by atoms with Crippen LogP contribution in [0.4, 0.5) is 18.8 Å². The predicted octanol–water partition coefficient (Wildman–Crippen LogP) is 0.229. The van der Waals surface area contributed by atoms with Crippen molar-refractivity contribution in [2.24, 2.45) is 0 Å². The standard InChI is InChI=1S/4FH.Po/h4*1H;. The molecule has 38 valence electrons. The van der Waals surface area contributed by atoms with Gasteiger partial charge < -0.3 is 0 Å². The van der Waals surface area contributed by atoms with E-state index in [9.17, 15) is 0 Å². The van der Waals surface area contributed by atoms with Crippen LogP contribution in [-0.4, -0.2) is 26.6 Å². The van der Waals surface area contributed by atoms with E-state index >= 15 is 0 Å². The van der Waals surface area contributed by atoms with E-state index in [1.54, 1.807) is 0 Å². The third kappa shape index (κ3) is 83.2. The van der Waals surface area contributed by atoms with Crippen LogP contribution in [0.15, 0.2) is 0 Å². The topological polar surface area (TPSA) is 0 Å². The number of hydrogen-bond donors (Lipinski definition) is 0. The van der Waals surface area contributed by atoms with Gasteiger partial charge in [0.05, 0.1) is 0 Å². The van der Waals surface area contributed by atoms with Crippen LogP contribution in [0.2, 0.25) is 0 Å². The van der Waals surface area contributed by atoms with Crippen LogP contribution in [0.3, 0.4) is 0 Å². The van der Waals surface area contributed by atoms with Gasteiger partial charge in [-0.05, 0) is 0 Å². The minimum absolute atomic E-state index is 0. The Balaban J connectivity index is 0. The zero-order valence-corrected chi connectivity index (χ0v) is 5.22. The van der Waals surface area contributed by atoms with Gasteiger partial charge in [-0.2, -0.15) is 0 Å². The van der Waals surface area contributed by atoms with Gasteiger partial charge in [-0.15, -0.1) is 0 Å². The summed E-state index contributed by atoms with van der Waals surface area (Å²) in [6.45, 7) is 0. The van der Waals surface area contributed by atoms with Crippen LogP contribution in [0.25, 0.3) is 0 Å². The van der Waals surface area contributed by atoms with E-state index in [1.165, 1.54) is 0 Å². The maximum absolute atomic E-state index is 0. The molecule has 0 fully saturated rings. The molecule has 0 aliphatic heterocycles. The molecule has 0 amide bonds. The van der Waals surface area contributed by atoms with Gasteiger partial charge in [-0.1, -0.05) is 0 Å². The molecule has 0 nitrogen and oxygen atoms in total. The predicted molar refractivity (Wildman–Crippen MR) is 15.8 cm³/mol. The van der Waals surface area contributed by atoms with E-state index in [1.807, 2.05) is 0 Å². The summed E-state index contributed by atoms with van der Waals surface area (Å²) in [5.74, 6) is 0. The van der Waals surface area contributed by atoms with Crippen molar-refractivity contribution in [3.8, 4) is 0 Å². The van der Waals surface area contributed by atoms with Gasteiger partial charge in [-0.25, -0.2) is 0 Å². The molecule has 5 heteroatoms. The second-order valence-electron chi connectivity index (χ2n) is 0. The second kappa shape index (κ2) is 159. The molecule has 0 N–H and O–H groups in total. The molecule has 0 unspecified atom stereocenters. The van der Waals surface area contributed by atoms with E-state index in [-0.39, 0.29) is 45.4 Å². The fourth-order valence-corrected chi connectivity index (χ4v) is 0. The Kier molecular flexibility index (Phi) is 10000. The summed E-state index contributed by atoms with van der Waals surface area (Å²) in [6, 6.07) is 0. The number of rotatable bonds is 0. The number of halogens is 4. The smallest absolute Gasteiger partial charge is 0 e. The van der Waals surface area contributed by atoms with Crippen molar-refractivity contribution in [1.82, 2.24) is 0 Å². The molecular formula is H4F4Po. The maximum Gasteiger partial charge on any atom is 0 e. The summed E-state index contributed by atoms with van der Waals surface area (Å²) in [6.07, 6.45) is 0. The first kappa shape index (κ1) is 315. The molecule has 0 saturated carbocycles. The van der Waals surface area contributed by atoms with E-state index in [2.05, 4.69) is 0 Å². The molecule has 0 bridgehead atoms. The van der Waals surface area contributed by atoms with Gasteiger partial charge in [-0.3, -0.25) is 18.8 Å². The van der Waals surface area contributed by atoms with Crippen LogP contribution < -0.4 is 0 Å². The van der Waals surface area contributed by atoms with Crippen LogP contribution in [-0.2, 0) is 0 Å². The minimum Gasteiger partial charge on any atom is -0.269 e. The van der Waals surface area contributed by atoms with Crippen molar-refractivity contribution in [2.45, 2.75) is 0 Å².